The molecule has 1 fully saturated rings. The van der Waals surface area contributed by atoms with Gasteiger partial charge in [0.25, 0.3) is 0 Å². The van der Waals surface area contributed by atoms with Crippen molar-refractivity contribution in [2.75, 3.05) is 0 Å². The molecule has 4 nitrogen and oxygen atoms in total. The highest BCUT2D eigenvalue weighted by Crippen LogP contribution is 2.41. The smallest absolute Gasteiger partial charge is 0.0829 e. The maximum atomic E-state index is 5.85. The maximum absolute atomic E-state index is 5.85. The van der Waals surface area contributed by atoms with E-state index in [9.17, 15) is 0 Å². The standard InChI is InChI=1S/C14H26N4S/c1-8(2)12-14(19-18-17-12)13(16-15)11-6-5-9(3)10(4)7-11/h8-11,13,16H,5-7,15H2,1-4H3. The molecule has 0 radical (unpaired) electrons. The Labute approximate surface area is 120 Å². The zero-order valence-electron chi connectivity index (χ0n) is 12.4. The normalized spacial score (nSPS) is 29.7. The van der Waals surface area contributed by atoms with Crippen LogP contribution in [0.25, 0.3) is 0 Å². The largest absolute Gasteiger partial charge is 0.271 e. The Bertz CT molecular complexity index is 404. The molecule has 4 unspecified atom stereocenters. The van der Waals surface area contributed by atoms with Crippen LogP contribution in [0.2, 0.25) is 0 Å². The number of hydrogen-bond donors (Lipinski definition) is 2. The predicted octanol–water partition coefficient (Wildman–Crippen LogP) is 3.24. The van der Waals surface area contributed by atoms with Gasteiger partial charge in [-0.3, -0.25) is 11.3 Å². The van der Waals surface area contributed by atoms with Crippen LogP contribution in [0, 0.1) is 17.8 Å². The number of rotatable bonds is 4. The molecule has 19 heavy (non-hydrogen) atoms. The average Bonchev–Trinajstić information content (AvgIpc) is 2.84. The number of hydrazine groups is 1. The highest BCUT2D eigenvalue weighted by molar-refractivity contribution is 7.05. The second-order valence-corrected chi connectivity index (χ2v) is 7.13. The van der Waals surface area contributed by atoms with Crippen LogP contribution in [0.5, 0.6) is 0 Å². The molecule has 1 aliphatic rings. The molecule has 0 aliphatic heterocycles. The van der Waals surface area contributed by atoms with Gasteiger partial charge in [0, 0.05) is 0 Å². The van der Waals surface area contributed by atoms with Gasteiger partial charge >= 0.3 is 0 Å². The second kappa shape index (κ2) is 6.29. The summed E-state index contributed by atoms with van der Waals surface area (Å²) in [7, 11) is 0. The lowest BCUT2D eigenvalue weighted by molar-refractivity contribution is 0.172. The lowest BCUT2D eigenvalue weighted by Gasteiger charge is -2.36. The Morgan fingerprint density at radius 2 is 2.00 bits per heavy atom. The molecule has 0 bridgehead atoms. The van der Waals surface area contributed by atoms with E-state index in [1.807, 2.05) is 0 Å². The van der Waals surface area contributed by atoms with E-state index in [4.69, 9.17) is 5.84 Å². The van der Waals surface area contributed by atoms with Crippen LogP contribution in [0.15, 0.2) is 0 Å². The summed E-state index contributed by atoms with van der Waals surface area (Å²) in [6, 6.07) is 0.215. The summed E-state index contributed by atoms with van der Waals surface area (Å²) >= 11 is 1.50. The van der Waals surface area contributed by atoms with Gasteiger partial charge in [0.05, 0.1) is 16.6 Å². The van der Waals surface area contributed by atoms with E-state index < -0.39 is 0 Å². The number of nitrogens with zero attached hydrogens (tertiary/aromatic N) is 2. The van der Waals surface area contributed by atoms with E-state index in [2.05, 4.69) is 42.7 Å². The fourth-order valence-corrected chi connectivity index (χ4v) is 4.10. The second-order valence-electron chi connectivity index (χ2n) is 6.35. The highest BCUT2D eigenvalue weighted by atomic mass is 32.1. The maximum Gasteiger partial charge on any atom is 0.0829 e. The van der Waals surface area contributed by atoms with E-state index in [0.717, 1.165) is 17.5 Å². The van der Waals surface area contributed by atoms with Crippen molar-refractivity contribution in [1.82, 2.24) is 15.0 Å². The molecule has 4 atom stereocenters. The molecule has 1 aromatic rings. The van der Waals surface area contributed by atoms with Crippen molar-refractivity contribution in [1.29, 1.82) is 0 Å². The van der Waals surface area contributed by atoms with Crippen LogP contribution in [0.3, 0.4) is 0 Å². The van der Waals surface area contributed by atoms with Crippen molar-refractivity contribution in [3.63, 3.8) is 0 Å². The van der Waals surface area contributed by atoms with Gasteiger partial charge in [0.2, 0.25) is 0 Å². The first kappa shape index (κ1) is 14.9. The van der Waals surface area contributed by atoms with Crippen molar-refractivity contribution < 1.29 is 0 Å². The van der Waals surface area contributed by atoms with Gasteiger partial charge in [-0.2, -0.15) is 0 Å². The van der Waals surface area contributed by atoms with E-state index in [0.29, 0.717) is 11.8 Å². The molecule has 1 saturated carbocycles. The number of hydrogen-bond acceptors (Lipinski definition) is 5. The SMILES string of the molecule is CC(C)c1nnsc1C(NN)C1CCC(C)C(C)C1. The van der Waals surface area contributed by atoms with E-state index in [-0.39, 0.29) is 6.04 Å². The van der Waals surface area contributed by atoms with Crippen molar-refractivity contribution in [3.05, 3.63) is 10.6 Å². The third kappa shape index (κ3) is 3.15. The summed E-state index contributed by atoms with van der Waals surface area (Å²) in [6.45, 7) is 9.05. The molecule has 5 heteroatoms. The predicted molar refractivity (Wildman–Crippen MR) is 79.7 cm³/mol. The van der Waals surface area contributed by atoms with Crippen molar-refractivity contribution in [3.8, 4) is 0 Å². The zero-order valence-corrected chi connectivity index (χ0v) is 13.2. The van der Waals surface area contributed by atoms with Gasteiger partial charge in [-0.05, 0) is 48.0 Å². The number of nitrogens with two attached hydrogens (primary N) is 1. The Hall–Kier alpha value is -0.520. The molecule has 0 saturated heterocycles. The Morgan fingerprint density at radius 1 is 1.26 bits per heavy atom. The molecule has 0 aromatic carbocycles. The molecule has 0 amide bonds. The minimum atomic E-state index is 0.215. The van der Waals surface area contributed by atoms with E-state index >= 15 is 0 Å². The summed E-state index contributed by atoms with van der Waals surface area (Å²) in [5.41, 5.74) is 4.15. The average molecular weight is 282 g/mol. The van der Waals surface area contributed by atoms with E-state index in [1.54, 1.807) is 0 Å². The summed E-state index contributed by atoms with van der Waals surface area (Å²) < 4.78 is 4.14. The summed E-state index contributed by atoms with van der Waals surface area (Å²) in [6.07, 6.45) is 3.79. The fourth-order valence-electron chi connectivity index (χ4n) is 3.14. The molecule has 0 spiro atoms. The third-order valence-electron chi connectivity index (χ3n) is 4.66. The minimum Gasteiger partial charge on any atom is -0.271 e. The monoisotopic (exact) mass is 282 g/mol. The molecule has 108 valence electrons. The topological polar surface area (TPSA) is 63.8 Å². The van der Waals surface area contributed by atoms with Crippen LogP contribution in [0.1, 0.15) is 69.5 Å². The van der Waals surface area contributed by atoms with Gasteiger partial charge in [-0.25, -0.2) is 0 Å². The van der Waals surface area contributed by atoms with Gasteiger partial charge < -0.3 is 0 Å². The Balaban J connectivity index is 2.18. The molecule has 1 heterocycles. The zero-order chi connectivity index (χ0) is 14.0. The van der Waals surface area contributed by atoms with Gasteiger partial charge in [0.1, 0.15) is 0 Å². The molecule has 1 aromatic heterocycles. The van der Waals surface area contributed by atoms with Crippen LogP contribution in [-0.2, 0) is 0 Å². The summed E-state index contributed by atoms with van der Waals surface area (Å²) in [5.74, 6) is 8.47. The molecular weight excluding hydrogens is 256 g/mol. The lowest BCUT2D eigenvalue weighted by Crippen LogP contribution is -2.37. The fraction of sp³-hybridized carbons (Fsp3) is 0.857. The van der Waals surface area contributed by atoms with Crippen LogP contribution in [0.4, 0.5) is 0 Å². The number of nitrogens with one attached hydrogen (secondary N) is 1. The van der Waals surface area contributed by atoms with Gasteiger partial charge in [-0.15, -0.1) is 5.10 Å². The summed E-state index contributed by atoms with van der Waals surface area (Å²) in [5, 5.41) is 4.29. The Morgan fingerprint density at radius 3 is 2.58 bits per heavy atom. The molecular formula is C14H26N4S. The first-order chi connectivity index (χ1) is 9.04. The molecule has 2 rings (SSSR count). The molecule has 1 aliphatic carbocycles. The Kier molecular flexibility index (Phi) is 4.92. The van der Waals surface area contributed by atoms with E-state index in [1.165, 1.54) is 35.7 Å². The van der Waals surface area contributed by atoms with Crippen molar-refractivity contribution in [2.45, 2.75) is 58.9 Å². The van der Waals surface area contributed by atoms with Crippen molar-refractivity contribution in [2.24, 2.45) is 23.6 Å². The van der Waals surface area contributed by atoms with Gasteiger partial charge in [0.15, 0.2) is 0 Å². The molecule has 3 N–H and O–H groups in total. The first-order valence-electron chi connectivity index (χ1n) is 7.32. The minimum absolute atomic E-state index is 0.215. The van der Waals surface area contributed by atoms with Crippen LogP contribution >= 0.6 is 11.5 Å². The first-order valence-corrected chi connectivity index (χ1v) is 8.10. The summed E-state index contributed by atoms with van der Waals surface area (Å²) in [4.78, 5) is 1.24. The van der Waals surface area contributed by atoms with Crippen LogP contribution < -0.4 is 11.3 Å². The lowest BCUT2D eigenvalue weighted by atomic mass is 9.73. The quantitative estimate of drug-likeness (QED) is 0.657. The number of aromatic nitrogens is 2. The van der Waals surface area contributed by atoms with Gasteiger partial charge in [-0.1, -0.05) is 38.6 Å². The van der Waals surface area contributed by atoms with Crippen molar-refractivity contribution >= 4 is 11.5 Å². The highest BCUT2D eigenvalue weighted by Gasteiger charge is 2.33. The van der Waals surface area contributed by atoms with Crippen LogP contribution in [-0.4, -0.2) is 9.59 Å². The third-order valence-corrected chi connectivity index (χ3v) is 5.48.